The Morgan fingerprint density at radius 1 is 1.26 bits per heavy atom. The molecule has 7 nitrogen and oxygen atoms in total. The van der Waals surface area contributed by atoms with Gasteiger partial charge in [0.05, 0.1) is 36.3 Å². The molecule has 12 heteroatoms. The number of alkyl halides is 4. The first-order valence-corrected chi connectivity index (χ1v) is 11.6. The van der Waals surface area contributed by atoms with Crippen LogP contribution in [0.2, 0.25) is 0 Å². The van der Waals surface area contributed by atoms with E-state index in [0.29, 0.717) is 29.7 Å². The number of ether oxygens (including phenoxy) is 1. The predicted octanol–water partition coefficient (Wildman–Crippen LogP) is 4.60. The van der Waals surface area contributed by atoms with Crippen LogP contribution in [0.5, 0.6) is 0 Å². The number of imidazole rings is 1. The Kier molecular flexibility index (Phi) is 8.33. The number of nitrogens with one attached hydrogen (secondary N) is 1. The van der Waals surface area contributed by atoms with Crippen LogP contribution in [0.1, 0.15) is 75.2 Å². The number of amides is 1. The van der Waals surface area contributed by atoms with Crippen molar-refractivity contribution in [1.82, 2.24) is 19.9 Å². The van der Waals surface area contributed by atoms with Crippen LogP contribution in [-0.2, 0) is 9.53 Å². The number of hydrogen-bond acceptors (Lipinski definition) is 5. The number of fused-ring (bicyclic) bond motifs is 1. The molecular formula is C23H32ClF4N5O2. The molecule has 2 fully saturated rings. The first-order chi connectivity index (χ1) is 16.0. The van der Waals surface area contributed by atoms with Crippen LogP contribution in [0.3, 0.4) is 0 Å². The van der Waals surface area contributed by atoms with Gasteiger partial charge < -0.3 is 15.8 Å². The summed E-state index contributed by atoms with van der Waals surface area (Å²) in [7, 11) is 1.52. The molecule has 0 radical (unpaired) electrons. The van der Waals surface area contributed by atoms with Crippen molar-refractivity contribution in [3.8, 4) is 0 Å². The molecule has 3 unspecified atom stereocenters. The molecule has 4 rings (SSSR count). The van der Waals surface area contributed by atoms with E-state index in [1.54, 1.807) is 29.9 Å². The third kappa shape index (κ3) is 6.42. The van der Waals surface area contributed by atoms with Crippen LogP contribution < -0.4 is 11.1 Å². The minimum absolute atomic E-state index is 0. The summed E-state index contributed by atoms with van der Waals surface area (Å²) >= 11 is 0. The zero-order valence-electron chi connectivity index (χ0n) is 19.7. The molecule has 0 saturated heterocycles. The van der Waals surface area contributed by atoms with Gasteiger partial charge >= 0.3 is 0 Å². The fraction of sp³-hybridized carbons (Fsp3) is 0.696. The number of nitrogens with two attached hydrogens (primary N) is 1. The third-order valence-electron chi connectivity index (χ3n) is 7.14. The van der Waals surface area contributed by atoms with Crippen molar-refractivity contribution in [2.24, 2.45) is 17.6 Å². The molecular weight excluding hydrogens is 490 g/mol. The van der Waals surface area contributed by atoms with E-state index in [1.807, 2.05) is 0 Å². The molecule has 3 atom stereocenters. The molecule has 2 saturated carbocycles. The van der Waals surface area contributed by atoms with Gasteiger partial charge in [-0.15, -0.1) is 12.4 Å². The summed E-state index contributed by atoms with van der Waals surface area (Å²) in [5, 5.41) is 7.26. The van der Waals surface area contributed by atoms with Crippen LogP contribution in [0.25, 0.3) is 5.65 Å². The average molecular weight is 522 g/mol. The first kappa shape index (κ1) is 27.6. The monoisotopic (exact) mass is 521 g/mol. The Bertz CT molecular complexity index is 1020. The van der Waals surface area contributed by atoms with E-state index >= 15 is 0 Å². The highest BCUT2D eigenvalue weighted by atomic mass is 35.5. The SMILES string of the molecule is COC(C)C(NC(=O)CC1CC(F)(F)C1)c1cnn2cc(C(N)C3CCC(F)(F)CC3)nc2c1.Cl. The van der Waals surface area contributed by atoms with Crippen molar-refractivity contribution in [2.75, 3.05) is 7.11 Å². The van der Waals surface area contributed by atoms with Gasteiger partial charge in [-0.1, -0.05) is 0 Å². The van der Waals surface area contributed by atoms with Gasteiger partial charge in [0.1, 0.15) is 0 Å². The molecule has 2 aromatic rings. The van der Waals surface area contributed by atoms with Gasteiger partial charge in [-0.3, -0.25) is 4.79 Å². The topological polar surface area (TPSA) is 94.5 Å². The van der Waals surface area contributed by atoms with Crippen LogP contribution in [0, 0.1) is 11.8 Å². The van der Waals surface area contributed by atoms with E-state index < -0.39 is 30.0 Å². The van der Waals surface area contributed by atoms with E-state index in [1.165, 1.54) is 7.11 Å². The summed E-state index contributed by atoms with van der Waals surface area (Å²) in [5.74, 6) is -6.03. The number of hydrogen-bond donors (Lipinski definition) is 2. The predicted molar refractivity (Wildman–Crippen MR) is 124 cm³/mol. The summed E-state index contributed by atoms with van der Waals surface area (Å²) < 4.78 is 60.2. The summed E-state index contributed by atoms with van der Waals surface area (Å²) in [6.07, 6.45) is 2.70. The molecule has 2 heterocycles. The Hall–Kier alpha value is -1.98. The zero-order chi connectivity index (χ0) is 24.7. The highest BCUT2D eigenvalue weighted by Crippen LogP contribution is 2.44. The van der Waals surface area contributed by atoms with Crippen molar-refractivity contribution < 1.29 is 27.1 Å². The molecule has 0 spiro atoms. The molecule has 35 heavy (non-hydrogen) atoms. The first-order valence-electron chi connectivity index (χ1n) is 11.6. The van der Waals surface area contributed by atoms with Gasteiger partial charge in [0.15, 0.2) is 5.65 Å². The summed E-state index contributed by atoms with van der Waals surface area (Å²) in [4.78, 5) is 17.1. The molecule has 3 N–H and O–H groups in total. The number of nitrogens with zero attached hydrogens (tertiary/aromatic N) is 3. The largest absolute Gasteiger partial charge is 0.379 e. The van der Waals surface area contributed by atoms with Gasteiger partial charge in [-0.25, -0.2) is 27.1 Å². The van der Waals surface area contributed by atoms with Crippen molar-refractivity contribution >= 4 is 24.0 Å². The maximum Gasteiger partial charge on any atom is 0.248 e. The highest BCUT2D eigenvalue weighted by molar-refractivity contribution is 5.85. The highest BCUT2D eigenvalue weighted by Gasteiger charge is 2.46. The minimum atomic E-state index is -2.67. The molecule has 0 aromatic carbocycles. The summed E-state index contributed by atoms with van der Waals surface area (Å²) in [6.45, 7) is 1.79. The lowest BCUT2D eigenvalue weighted by molar-refractivity contribution is -0.135. The van der Waals surface area contributed by atoms with Gasteiger partial charge in [0, 0.05) is 44.8 Å². The minimum Gasteiger partial charge on any atom is -0.379 e. The molecule has 2 aliphatic rings. The number of methoxy groups -OCH3 is 1. The molecule has 2 aromatic heterocycles. The van der Waals surface area contributed by atoms with Crippen molar-refractivity contribution in [2.45, 2.75) is 81.9 Å². The fourth-order valence-electron chi connectivity index (χ4n) is 4.94. The lowest BCUT2D eigenvalue weighted by Gasteiger charge is -2.35. The van der Waals surface area contributed by atoms with E-state index in [4.69, 9.17) is 10.5 Å². The second-order valence-corrected chi connectivity index (χ2v) is 9.80. The second-order valence-electron chi connectivity index (χ2n) is 9.80. The van der Waals surface area contributed by atoms with E-state index in [9.17, 15) is 22.4 Å². The standard InChI is InChI=1S/C23H31F4N5O2.ClH/c1-13(34-2)21(31-19(33)7-14-9-23(26,27)10-14)16-8-18-30-17(12-32(18)29-11-16)20(28)15-3-5-22(24,25)6-4-15;/h8,11-15,20-21H,3-7,9-10,28H2,1-2H3,(H,31,33);1H. The smallest absolute Gasteiger partial charge is 0.248 e. The quantitative estimate of drug-likeness (QED) is 0.495. The maximum absolute atomic E-state index is 13.5. The van der Waals surface area contributed by atoms with Crippen molar-refractivity contribution in [1.29, 1.82) is 0 Å². The number of carbonyl (C=O) groups is 1. The summed E-state index contributed by atoms with van der Waals surface area (Å²) in [6, 6.07) is 0.733. The number of rotatable bonds is 8. The van der Waals surface area contributed by atoms with Gasteiger partial charge in [0.2, 0.25) is 17.8 Å². The zero-order valence-corrected chi connectivity index (χ0v) is 20.5. The van der Waals surface area contributed by atoms with E-state index in [2.05, 4.69) is 15.4 Å². The number of halogens is 5. The number of carbonyl (C=O) groups excluding carboxylic acids is 1. The van der Waals surface area contributed by atoms with Crippen molar-refractivity contribution in [3.63, 3.8) is 0 Å². The lowest BCUT2D eigenvalue weighted by Crippen LogP contribution is -2.41. The van der Waals surface area contributed by atoms with Gasteiger partial charge in [-0.05, 0) is 37.7 Å². The van der Waals surface area contributed by atoms with E-state index in [0.717, 1.165) is 0 Å². The normalized spacial score (nSPS) is 22.6. The third-order valence-corrected chi connectivity index (χ3v) is 7.14. The second kappa shape index (κ2) is 10.6. The average Bonchev–Trinajstić information content (AvgIpc) is 3.18. The summed E-state index contributed by atoms with van der Waals surface area (Å²) in [5.41, 5.74) is 8.09. The van der Waals surface area contributed by atoms with Crippen LogP contribution in [0.15, 0.2) is 18.5 Å². The van der Waals surface area contributed by atoms with Crippen LogP contribution in [-0.4, -0.2) is 45.6 Å². The Balaban J connectivity index is 0.00000342. The Morgan fingerprint density at radius 2 is 1.91 bits per heavy atom. The Labute approximate surface area is 207 Å². The van der Waals surface area contributed by atoms with Gasteiger partial charge in [-0.2, -0.15) is 5.10 Å². The van der Waals surface area contributed by atoms with Gasteiger partial charge in [0.25, 0.3) is 0 Å². The fourth-order valence-corrected chi connectivity index (χ4v) is 4.94. The maximum atomic E-state index is 13.5. The van der Waals surface area contributed by atoms with E-state index in [-0.39, 0.29) is 62.3 Å². The Morgan fingerprint density at radius 3 is 2.51 bits per heavy atom. The van der Waals surface area contributed by atoms with Crippen LogP contribution in [0.4, 0.5) is 17.6 Å². The lowest BCUT2D eigenvalue weighted by atomic mass is 9.79. The van der Waals surface area contributed by atoms with Crippen molar-refractivity contribution in [3.05, 3.63) is 29.7 Å². The molecule has 2 aliphatic carbocycles. The molecule has 1 amide bonds. The molecule has 0 aliphatic heterocycles. The number of aromatic nitrogens is 3. The van der Waals surface area contributed by atoms with Crippen LogP contribution >= 0.6 is 12.4 Å². The molecule has 196 valence electrons. The molecule has 0 bridgehead atoms.